The van der Waals surface area contributed by atoms with Crippen molar-refractivity contribution in [1.82, 2.24) is 4.98 Å². The van der Waals surface area contributed by atoms with Gasteiger partial charge < -0.3 is 25.3 Å². The third kappa shape index (κ3) is 8.08. The molecule has 0 saturated carbocycles. The van der Waals surface area contributed by atoms with Gasteiger partial charge in [-0.25, -0.2) is 4.39 Å². The van der Waals surface area contributed by atoms with Crippen molar-refractivity contribution in [3.63, 3.8) is 0 Å². The van der Waals surface area contributed by atoms with Crippen LogP contribution in [0.3, 0.4) is 0 Å². The maximum atomic E-state index is 15.7. The minimum absolute atomic E-state index is 0.0741. The monoisotopic (exact) mass is 575 g/mol. The van der Waals surface area contributed by atoms with E-state index in [0.29, 0.717) is 12.0 Å². The highest BCUT2D eigenvalue weighted by Gasteiger charge is 2.32. The highest BCUT2D eigenvalue weighted by atomic mass is 19.4. The first-order valence-corrected chi connectivity index (χ1v) is 12.4. The maximum Gasteiger partial charge on any atom is 0.573 e. The molecule has 15 heteroatoms. The molecule has 0 atom stereocenters. The molecule has 2 aromatic carbocycles. The predicted molar refractivity (Wildman–Crippen MR) is 147 cm³/mol. The Bertz CT molecular complexity index is 1540. The van der Waals surface area contributed by atoms with Crippen molar-refractivity contribution in [2.24, 2.45) is 5.73 Å². The quantitative estimate of drug-likeness (QED) is 0.283. The van der Waals surface area contributed by atoms with Crippen molar-refractivity contribution in [1.29, 1.82) is 0 Å². The fraction of sp³-hybridized carbons (Fsp3) is 0.222. The van der Waals surface area contributed by atoms with E-state index in [1.807, 2.05) is 6.08 Å². The van der Waals surface area contributed by atoms with Crippen LogP contribution in [0.25, 0.3) is 5.57 Å². The van der Waals surface area contributed by atoms with Crippen molar-refractivity contribution in [3.8, 4) is 23.0 Å². The number of rotatable bonds is 9. The minimum Gasteiger partial charge on any atom is -0.512 e. The SMILES string of the molecule is [B]C([B])([B])Oc1cc(OC(F)(F)F)ccc1Oc1cc(C2=CCCCC2)cc(F)c1C(=O)Nc1ccnc(C(N)=O)c1. The van der Waals surface area contributed by atoms with E-state index < -0.39 is 46.4 Å². The zero-order chi connectivity index (χ0) is 30.7. The normalized spacial score (nSPS) is 13.6. The van der Waals surface area contributed by atoms with Crippen molar-refractivity contribution in [2.75, 3.05) is 5.32 Å². The zero-order valence-corrected chi connectivity index (χ0v) is 21.8. The van der Waals surface area contributed by atoms with Crippen LogP contribution >= 0.6 is 0 Å². The Morgan fingerprint density at radius 2 is 1.71 bits per heavy atom. The lowest BCUT2D eigenvalue weighted by atomic mass is 9.52. The molecule has 1 aliphatic rings. The minimum atomic E-state index is -5.04. The number of ether oxygens (including phenoxy) is 3. The Labute approximate surface area is 241 Å². The summed E-state index contributed by atoms with van der Waals surface area (Å²) in [5.41, 5.74) is 5.82. The Morgan fingerprint density at radius 3 is 2.36 bits per heavy atom. The zero-order valence-electron chi connectivity index (χ0n) is 21.8. The summed E-state index contributed by atoms with van der Waals surface area (Å²) in [4.78, 5) is 28.6. The third-order valence-corrected chi connectivity index (χ3v) is 5.87. The smallest absolute Gasteiger partial charge is 0.512 e. The number of hydrogen-bond donors (Lipinski definition) is 2. The molecule has 0 aliphatic heterocycles. The van der Waals surface area contributed by atoms with Crippen LogP contribution in [0, 0.1) is 5.82 Å². The van der Waals surface area contributed by atoms with E-state index in [1.54, 1.807) is 0 Å². The summed E-state index contributed by atoms with van der Waals surface area (Å²) < 4.78 is 69.1. The second kappa shape index (κ2) is 12.2. The number of aromatic nitrogens is 1. The van der Waals surface area contributed by atoms with Gasteiger partial charge in [-0.2, -0.15) is 0 Å². The average molecular weight is 575 g/mol. The molecule has 1 aliphatic carbocycles. The number of nitrogens with two attached hydrogens (primary N) is 1. The van der Waals surface area contributed by atoms with E-state index in [2.05, 4.69) is 15.0 Å². The molecular formula is C27H20B3F4N3O5. The van der Waals surface area contributed by atoms with Gasteiger partial charge in [-0.05, 0) is 78.5 Å². The molecule has 6 radical (unpaired) electrons. The molecule has 8 nitrogen and oxygen atoms in total. The highest BCUT2D eigenvalue weighted by Crippen LogP contribution is 2.40. The van der Waals surface area contributed by atoms with E-state index >= 15 is 4.39 Å². The Kier molecular flexibility index (Phi) is 8.88. The molecule has 1 aromatic heterocycles. The summed E-state index contributed by atoms with van der Waals surface area (Å²) >= 11 is 0. The van der Waals surface area contributed by atoms with Crippen LogP contribution in [0.4, 0.5) is 23.2 Å². The molecule has 4 rings (SSSR count). The fourth-order valence-electron chi connectivity index (χ4n) is 4.16. The van der Waals surface area contributed by atoms with E-state index in [0.717, 1.165) is 43.0 Å². The van der Waals surface area contributed by atoms with Crippen LogP contribution in [-0.2, 0) is 0 Å². The van der Waals surface area contributed by atoms with E-state index in [9.17, 15) is 22.8 Å². The lowest BCUT2D eigenvalue weighted by Gasteiger charge is -2.26. The summed E-state index contributed by atoms with van der Waals surface area (Å²) in [6.45, 7) is 0. The topological polar surface area (TPSA) is 113 Å². The second-order valence-corrected chi connectivity index (χ2v) is 9.27. The fourth-order valence-corrected chi connectivity index (χ4v) is 4.16. The first-order valence-electron chi connectivity index (χ1n) is 12.4. The standard InChI is InChI=1S/C27H20B3F4N3O5/c28-26(29,30)42-21-13-17(41-27(32,33)34)6-7-20(21)40-22-11-15(14-4-2-1-3-5-14)10-18(31)23(22)25(39)37-16-8-9-36-19(12-16)24(35)38/h4,6-13H,1-3,5H2,(H2,35,38)(H,36,37,39). The first kappa shape index (κ1) is 30.5. The highest BCUT2D eigenvalue weighted by molar-refractivity contribution is 6.58. The number of halogens is 4. The van der Waals surface area contributed by atoms with Gasteiger partial charge in [0.05, 0.1) is 0 Å². The number of carbonyl (C=O) groups is 2. The van der Waals surface area contributed by atoms with Crippen molar-refractivity contribution < 1.29 is 41.4 Å². The molecule has 3 N–H and O–H groups in total. The molecule has 0 unspecified atom stereocenters. The lowest BCUT2D eigenvalue weighted by Crippen LogP contribution is -2.37. The van der Waals surface area contributed by atoms with Crippen LogP contribution < -0.4 is 25.3 Å². The summed E-state index contributed by atoms with van der Waals surface area (Å²) in [6, 6.07) is 7.77. The van der Waals surface area contributed by atoms with E-state index in [-0.39, 0.29) is 22.9 Å². The van der Waals surface area contributed by atoms with Crippen molar-refractivity contribution >= 4 is 46.6 Å². The Morgan fingerprint density at radius 1 is 0.952 bits per heavy atom. The largest absolute Gasteiger partial charge is 0.573 e. The Hall–Kier alpha value is -4.42. The Balaban J connectivity index is 1.79. The van der Waals surface area contributed by atoms with Crippen LogP contribution in [0.2, 0.25) is 0 Å². The van der Waals surface area contributed by atoms with Gasteiger partial charge in [-0.1, -0.05) is 6.08 Å². The van der Waals surface area contributed by atoms with Gasteiger partial charge in [0.1, 0.15) is 52.1 Å². The third-order valence-electron chi connectivity index (χ3n) is 5.87. The van der Waals surface area contributed by atoms with E-state index in [4.69, 9.17) is 38.7 Å². The molecule has 0 bridgehead atoms. The molecular weight excluding hydrogens is 555 g/mol. The number of allylic oxidation sites excluding steroid dienone is 2. The number of pyridine rings is 1. The van der Waals surface area contributed by atoms with Crippen LogP contribution in [0.1, 0.15) is 52.1 Å². The van der Waals surface area contributed by atoms with Gasteiger partial charge in [0, 0.05) is 18.0 Å². The number of hydrogen-bond acceptors (Lipinski definition) is 6. The summed E-state index contributed by atoms with van der Waals surface area (Å²) in [6.07, 6.45) is 1.35. The van der Waals surface area contributed by atoms with Gasteiger partial charge in [-0.3, -0.25) is 14.6 Å². The molecule has 0 fully saturated rings. The molecule has 0 saturated heterocycles. The average Bonchev–Trinajstić information content (AvgIpc) is 2.88. The van der Waals surface area contributed by atoms with Gasteiger partial charge >= 0.3 is 6.36 Å². The summed E-state index contributed by atoms with van der Waals surface area (Å²) in [5, 5.41) is 0.0832. The number of amides is 2. The van der Waals surface area contributed by atoms with Gasteiger partial charge in [0.15, 0.2) is 11.5 Å². The molecule has 1 heterocycles. The maximum absolute atomic E-state index is 15.7. The number of benzene rings is 2. The molecule has 2 amide bonds. The van der Waals surface area contributed by atoms with Gasteiger partial charge in [0.25, 0.3) is 11.8 Å². The van der Waals surface area contributed by atoms with Crippen molar-refractivity contribution in [2.45, 2.75) is 37.3 Å². The molecule has 0 spiro atoms. The van der Waals surface area contributed by atoms with Gasteiger partial charge in [-0.15, -0.1) is 13.2 Å². The molecule has 3 aromatic rings. The van der Waals surface area contributed by atoms with E-state index in [1.165, 1.54) is 30.5 Å². The summed E-state index contributed by atoms with van der Waals surface area (Å²) in [5.74, 6) is -4.68. The van der Waals surface area contributed by atoms with Crippen molar-refractivity contribution in [3.05, 3.63) is 77.4 Å². The lowest BCUT2D eigenvalue weighted by molar-refractivity contribution is -0.274. The number of nitrogens with zero attached hydrogens (tertiary/aromatic N) is 1. The summed E-state index contributed by atoms with van der Waals surface area (Å²) in [7, 11) is 16.5. The first-order chi connectivity index (χ1) is 19.7. The predicted octanol–water partition coefficient (Wildman–Crippen LogP) is 4.72. The molecule has 42 heavy (non-hydrogen) atoms. The number of alkyl halides is 3. The number of anilines is 1. The number of carbonyl (C=O) groups excluding carboxylic acids is 2. The number of nitrogens with one attached hydrogen (secondary N) is 1. The molecule has 210 valence electrons. The van der Waals surface area contributed by atoms with Crippen LogP contribution in [0.15, 0.2) is 54.7 Å². The van der Waals surface area contributed by atoms with Crippen LogP contribution in [-0.4, -0.2) is 52.0 Å². The van der Waals surface area contributed by atoms with Gasteiger partial charge in [0.2, 0.25) is 0 Å². The number of primary amides is 1. The van der Waals surface area contributed by atoms with Crippen LogP contribution in [0.5, 0.6) is 23.0 Å². The second-order valence-electron chi connectivity index (χ2n) is 9.27.